The van der Waals surface area contributed by atoms with Crippen molar-refractivity contribution in [1.29, 1.82) is 0 Å². The number of nitrogens with zero attached hydrogens (tertiary/aromatic N) is 5. The first-order valence-corrected chi connectivity index (χ1v) is 8.35. The molecule has 1 saturated heterocycles. The maximum atomic E-state index is 5.93. The summed E-state index contributed by atoms with van der Waals surface area (Å²) in [6.07, 6.45) is 1.68. The summed E-state index contributed by atoms with van der Waals surface area (Å²) in [5.74, 6) is 1.63. The molecule has 1 fully saturated rings. The van der Waals surface area contributed by atoms with Crippen LogP contribution in [0.5, 0.6) is 0 Å². The summed E-state index contributed by atoms with van der Waals surface area (Å²) in [5.41, 5.74) is 1.73. The number of aryl methyl sites for hydroxylation is 1. The number of ether oxygens (including phenoxy) is 1. The number of aromatic nitrogens is 4. The summed E-state index contributed by atoms with van der Waals surface area (Å²) in [7, 11) is 0. The van der Waals surface area contributed by atoms with Crippen LogP contribution in [-0.4, -0.2) is 44.3 Å². The van der Waals surface area contributed by atoms with Crippen molar-refractivity contribution in [2.24, 2.45) is 0 Å². The first kappa shape index (κ1) is 15.3. The van der Waals surface area contributed by atoms with Gasteiger partial charge in [-0.1, -0.05) is 12.1 Å². The molecular weight excluding hydrogens is 306 g/mol. The molecule has 126 valence electrons. The van der Waals surface area contributed by atoms with E-state index < -0.39 is 0 Å². The van der Waals surface area contributed by atoms with Crippen molar-refractivity contribution in [3.63, 3.8) is 0 Å². The highest BCUT2D eigenvalue weighted by atomic mass is 16.5. The molecule has 0 aliphatic carbocycles. The first-order valence-electron chi connectivity index (χ1n) is 8.35. The Kier molecular flexibility index (Phi) is 4.03. The van der Waals surface area contributed by atoms with Crippen LogP contribution in [-0.2, 0) is 11.3 Å². The maximum Gasteiger partial charge on any atom is 0.212 e. The average molecular weight is 327 g/mol. The normalized spacial score (nSPS) is 20.5. The van der Waals surface area contributed by atoms with Gasteiger partial charge in [0.2, 0.25) is 5.89 Å². The van der Waals surface area contributed by atoms with E-state index in [4.69, 9.17) is 9.15 Å². The monoisotopic (exact) mass is 327 g/mol. The van der Waals surface area contributed by atoms with Crippen LogP contribution in [0.2, 0.25) is 0 Å². The third-order valence-electron chi connectivity index (χ3n) is 4.59. The molecule has 0 spiro atoms. The molecule has 3 aromatic rings. The lowest BCUT2D eigenvalue weighted by atomic mass is 10.2. The molecule has 0 amide bonds. The molecule has 2 unspecified atom stereocenters. The SMILES string of the molecule is CCn1cnnc1C1CN(C(C)c2nc3ccccc3o2)CCO1. The minimum atomic E-state index is -0.0759. The number of hydrogen-bond donors (Lipinski definition) is 0. The Bertz CT molecular complexity index is 794. The van der Waals surface area contributed by atoms with Gasteiger partial charge in [-0.15, -0.1) is 10.2 Å². The number of morpholine rings is 1. The van der Waals surface area contributed by atoms with Gasteiger partial charge in [-0.05, 0) is 26.0 Å². The molecule has 4 rings (SSSR count). The van der Waals surface area contributed by atoms with E-state index in [1.165, 1.54) is 0 Å². The zero-order valence-corrected chi connectivity index (χ0v) is 13.9. The molecule has 24 heavy (non-hydrogen) atoms. The standard InChI is InChI=1S/C17H21N5O2/c1-3-21-11-18-20-16(21)15-10-22(8-9-23-15)12(2)17-19-13-6-4-5-7-14(13)24-17/h4-7,11-12,15H,3,8-10H2,1-2H3. The van der Waals surface area contributed by atoms with Gasteiger partial charge in [-0.25, -0.2) is 4.98 Å². The van der Waals surface area contributed by atoms with E-state index in [1.807, 2.05) is 28.8 Å². The summed E-state index contributed by atoms with van der Waals surface area (Å²) in [6.45, 7) is 7.29. The lowest BCUT2D eigenvalue weighted by Gasteiger charge is -2.35. The van der Waals surface area contributed by atoms with Crippen LogP contribution >= 0.6 is 0 Å². The highest BCUT2D eigenvalue weighted by Gasteiger charge is 2.30. The van der Waals surface area contributed by atoms with Crippen LogP contribution in [0.15, 0.2) is 35.0 Å². The van der Waals surface area contributed by atoms with Crippen LogP contribution in [0.3, 0.4) is 0 Å². The van der Waals surface area contributed by atoms with Gasteiger partial charge in [-0.2, -0.15) is 0 Å². The van der Waals surface area contributed by atoms with Gasteiger partial charge in [-0.3, -0.25) is 4.90 Å². The van der Waals surface area contributed by atoms with Crippen LogP contribution in [0, 0.1) is 0 Å². The fourth-order valence-electron chi connectivity index (χ4n) is 3.16. The van der Waals surface area contributed by atoms with Gasteiger partial charge in [0.1, 0.15) is 17.9 Å². The van der Waals surface area contributed by atoms with Crippen molar-refractivity contribution in [2.75, 3.05) is 19.7 Å². The van der Waals surface area contributed by atoms with E-state index in [2.05, 4.69) is 33.9 Å². The van der Waals surface area contributed by atoms with Gasteiger partial charge < -0.3 is 13.7 Å². The minimum absolute atomic E-state index is 0.0759. The van der Waals surface area contributed by atoms with E-state index in [-0.39, 0.29) is 12.1 Å². The molecule has 2 atom stereocenters. The molecule has 0 N–H and O–H groups in total. The predicted octanol–water partition coefficient (Wildman–Crippen LogP) is 2.57. The van der Waals surface area contributed by atoms with E-state index in [9.17, 15) is 0 Å². The molecule has 0 bridgehead atoms. The van der Waals surface area contributed by atoms with Crippen LogP contribution < -0.4 is 0 Å². The first-order chi connectivity index (χ1) is 11.8. The molecule has 3 heterocycles. The van der Waals surface area contributed by atoms with Crippen molar-refractivity contribution < 1.29 is 9.15 Å². The Labute approximate surface area is 140 Å². The van der Waals surface area contributed by atoms with Crippen LogP contribution in [0.25, 0.3) is 11.1 Å². The van der Waals surface area contributed by atoms with E-state index in [1.54, 1.807) is 6.33 Å². The van der Waals surface area contributed by atoms with Crippen molar-refractivity contribution in [3.05, 3.63) is 42.3 Å². The van der Waals surface area contributed by atoms with Crippen molar-refractivity contribution >= 4 is 11.1 Å². The Hall–Kier alpha value is -2.25. The smallest absolute Gasteiger partial charge is 0.212 e. The molecule has 0 radical (unpaired) electrons. The van der Waals surface area contributed by atoms with Crippen molar-refractivity contribution in [3.8, 4) is 0 Å². The Morgan fingerprint density at radius 3 is 3.04 bits per heavy atom. The quantitative estimate of drug-likeness (QED) is 0.733. The van der Waals surface area contributed by atoms with Gasteiger partial charge in [0.15, 0.2) is 11.4 Å². The number of hydrogen-bond acceptors (Lipinski definition) is 6. The van der Waals surface area contributed by atoms with E-state index in [0.717, 1.165) is 42.4 Å². The molecule has 1 aromatic carbocycles. The second kappa shape index (κ2) is 6.33. The minimum Gasteiger partial charge on any atom is -0.439 e. The topological polar surface area (TPSA) is 69.2 Å². The Morgan fingerprint density at radius 2 is 2.21 bits per heavy atom. The van der Waals surface area contributed by atoms with Crippen molar-refractivity contribution in [2.45, 2.75) is 32.5 Å². The Balaban J connectivity index is 1.55. The highest BCUT2D eigenvalue weighted by molar-refractivity contribution is 5.72. The molecule has 1 aliphatic heterocycles. The number of oxazole rings is 1. The van der Waals surface area contributed by atoms with E-state index in [0.29, 0.717) is 6.61 Å². The molecule has 7 heteroatoms. The molecule has 1 aliphatic rings. The third-order valence-corrected chi connectivity index (χ3v) is 4.59. The van der Waals surface area contributed by atoms with Gasteiger partial charge in [0, 0.05) is 19.6 Å². The molecular formula is C17H21N5O2. The summed E-state index contributed by atoms with van der Waals surface area (Å²) in [5, 5.41) is 8.24. The number of para-hydroxylation sites is 2. The van der Waals surface area contributed by atoms with Crippen LogP contribution in [0.4, 0.5) is 0 Å². The van der Waals surface area contributed by atoms with Gasteiger partial charge in [0.25, 0.3) is 0 Å². The third kappa shape index (κ3) is 2.70. The summed E-state index contributed by atoms with van der Waals surface area (Å²) >= 11 is 0. The van der Waals surface area contributed by atoms with Gasteiger partial charge in [0.05, 0.1) is 12.6 Å². The number of benzene rings is 1. The molecule has 7 nitrogen and oxygen atoms in total. The molecule has 2 aromatic heterocycles. The Morgan fingerprint density at radius 1 is 1.33 bits per heavy atom. The largest absolute Gasteiger partial charge is 0.439 e. The zero-order valence-electron chi connectivity index (χ0n) is 13.9. The lowest BCUT2D eigenvalue weighted by molar-refractivity contribution is -0.0515. The fraction of sp³-hybridized carbons (Fsp3) is 0.471. The van der Waals surface area contributed by atoms with Crippen LogP contribution in [0.1, 0.15) is 37.7 Å². The summed E-state index contributed by atoms with van der Waals surface area (Å²) < 4.78 is 13.9. The number of rotatable bonds is 4. The number of fused-ring (bicyclic) bond motifs is 1. The van der Waals surface area contributed by atoms with E-state index >= 15 is 0 Å². The molecule has 0 saturated carbocycles. The van der Waals surface area contributed by atoms with Crippen molar-refractivity contribution in [1.82, 2.24) is 24.6 Å². The second-order valence-corrected chi connectivity index (χ2v) is 6.03. The summed E-state index contributed by atoms with van der Waals surface area (Å²) in [4.78, 5) is 6.95. The maximum absolute atomic E-state index is 5.93. The predicted molar refractivity (Wildman–Crippen MR) is 88.4 cm³/mol. The average Bonchev–Trinajstić information content (AvgIpc) is 3.27. The van der Waals surface area contributed by atoms with Gasteiger partial charge >= 0.3 is 0 Å². The fourth-order valence-corrected chi connectivity index (χ4v) is 3.16. The highest BCUT2D eigenvalue weighted by Crippen LogP contribution is 2.29. The second-order valence-electron chi connectivity index (χ2n) is 6.03. The lowest BCUT2D eigenvalue weighted by Crippen LogP contribution is -2.40. The summed E-state index contributed by atoms with van der Waals surface area (Å²) in [6, 6.07) is 7.94. The zero-order chi connectivity index (χ0) is 16.5.